The number of carbonyl (C=O) groups excluding carboxylic acids is 1. The van der Waals surface area contributed by atoms with Gasteiger partial charge in [0.1, 0.15) is 13.2 Å². The van der Waals surface area contributed by atoms with Gasteiger partial charge in [0.15, 0.2) is 17.2 Å². The number of fused-ring (bicyclic) bond motifs is 2. The third kappa shape index (κ3) is 3.60. The maximum atomic E-state index is 13.1. The topological polar surface area (TPSA) is 99.0 Å². The summed E-state index contributed by atoms with van der Waals surface area (Å²) in [6.07, 6.45) is 6.75. The predicted molar refractivity (Wildman–Crippen MR) is 118 cm³/mol. The maximum Gasteiger partial charge on any atom is 0.272 e. The summed E-state index contributed by atoms with van der Waals surface area (Å²) in [5, 5.41) is 2.90. The van der Waals surface area contributed by atoms with E-state index in [0.717, 1.165) is 49.0 Å². The van der Waals surface area contributed by atoms with Gasteiger partial charge in [-0.3, -0.25) is 9.20 Å². The van der Waals surface area contributed by atoms with Crippen LogP contribution in [0, 0.1) is 0 Å². The van der Waals surface area contributed by atoms with Gasteiger partial charge in [-0.2, -0.15) is 0 Å². The van der Waals surface area contributed by atoms with Crippen LogP contribution in [-0.4, -0.2) is 49.7 Å². The van der Waals surface area contributed by atoms with E-state index >= 15 is 0 Å². The van der Waals surface area contributed by atoms with E-state index in [2.05, 4.69) is 16.4 Å². The summed E-state index contributed by atoms with van der Waals surface area (Å²) in [4.78, 5) is 17.3. The van der Waals surface area contributed by atoms with E-state index in [1.165, 1.54) is 4.40 Å². The van der Waals surface area contributed by atoms with Gasteiger partial charge in [-0.15, -0.1) is 0 Å². The van der Waals surface area contributed by atoms with E-state index in [1.54, 1.807) is 24.4 Å². The average Bonchev–Trinajstić information content (AvgIpc) is 3.43. The van der Waals surface area contributed by atoms with Gasteiger partial charge in [0.2, 0.25) is 15.0 Å². The Morgan fingerprint density at radius 1 is 1.12 bits per heavy atom. The number of carbonyl (C=O) groups is 1. The van der Waals surface area contributed by atoms with Crippen molar-refractivity contribution < 1.29 is 22.7 Å². The molecule has 8 nitrogen and oxygen atoms in total. The van der Waals surface area contributed by atoms with Crippen molar-refractivity contribution in [2.24, 2.45) is 0 Å². The van der Waals surface area contributed by atoms with E-state index in [4.69, 9.17) is 9.47 Å². The predicted octanol–water partition coefficient (Wildman–Crippen LogP) is 2.75. The van der Waals surface area contributed by atoms with Crippen LogP contribution >= 0.6 is 0 Å². The number of nitrogens with zero attached hydrogens (tertiary/aromatic N) is 2. The van der Waals surface area contributed by atoms with Crippen molar-refractivity contribution in [3.8, 4) is 11.5 Å². The molecule has 2 aromatic heterocycles. The number of pyridine rings is 1. The number of sulfone groups is 1. The minimum atomic E-state index is -3.59. The molecule has 0 atom stereocenters. The highest BCUT2D eigenvalue weighted by Gasteiger charge is 2.37. The zero-order valence-corrected chi connectivity index (χ0v) is 18.7. The van der Waals surface area contributed by atoms with Gasteiger partial charge < -0.3 is 14.8 Å². The summed E-state index contributed by atoms with van der Waals surface area (Å²) in [6.45, 7) is 1.50. The lowest BCUT2D eigenvalue weighted by Crippen LogP contribution is -2.39. The largest absolute Gasteiger partial charge is 0.486 e. The van der Waals surface area contributed by atoms with E-state index < -0.39 is 9.84 Å². The van der Waals surface area contributed by atoms with E-state index in [0.29, 0.717) is 25.3 Å². The zero-order valence-electron chi connectivity index (χ0n) is 17.8. The summed E-state index contributed by atoms with van der Waals surface area (Å²) in [5.41, 5.74) is 1.48. The molecule has 1 N–H and O–H groups in total. The molecule has 0 unspecified atom stereocenters. The van der Waals surface area contributed by atoms with Crippen LogP contribution in [0.15, 0.2) is 47.8 Å². The smallest absolute Gasteiger partial charge is 0.272 e. The first-order chi connectivity index (χ1) is 15.4. The molecule has 168 valence electrons. The van der Waals surface area contributed by atoms with Gasteiger partial charge in [0, 0.05) is 24.4 Å². The number of ether oxygens (including phenoxy) is 2. The molecule has 9 heteroatoms. The Labute approximate surface area is 186 Å². The third-order valence-electron chi connectivity index (χ3n) is 6.37. The molecule has 3 heterocycles. The molecular weight excluding hydrogens is 430 g/mol. The van der Waals surface area contributed by atoms with Gasteiger partial charge in [-0.25, -0.2) is 13.4 Å². The number of hydrogen-bond donors (Lipinski definition) is 1. The number of aromatic nitrogens is 2. The SMILES string of the molecule is CS(=O)(=O)c1nc(C(=O)NCC2(c3ccc4c(c3)OCCO4)CCCC2)c2ccccn12. The van der Waals surface area contributed by atoms with Crippen LogP contribution < -0.4 is 14.8 Å². The average molecular weight is 456 g/mol. The van der Waals surface area contributed by atoms with Crippen molar-refractivity contribution in [3.63, 3.8) is 0 Å². The Kier molecular flexibility index (Phi) is 5.08. The molecule has 3 aromatic rings. The van der Waals surface area contributed by atoms with Gasteiger partial charge in [0.05, 0.1) is 5.52 Å². The molecule has 1 aliphatic heterocycles. The van der Waals surface area contributed by atoms with E-state index in [-0.39, 0.29) is 22.2 Å². The van der Waals surface area contributed by atoms with Crippen LogP contribution in [0.1, 0.15) is 41.7 Å². The molecule has 5 rings (SSSR count). The molecule has 0 saturated heterocycles. The van der Waals surface area contributed by atoms with Crippen LogP contribution in [0.5, 0.6) is 11.5 Å². The second-order valence-electron chi connectivity index (χ2n) is 8.50. The Bertz CT molecular complexity index is 1290. The highest BCUT2D eigenvalue weighted by Crippen LogP contribution is 2.43. The molecular formula is C23H25N3O5S. The number of rotatable bonds is 5. The van der Waals surface area contributed by atoms with Crippen molar-refractivity contribution in [2.75, 3.05) is 26.0 Å². The fourth-order valence-corrected chi connectivity index (χ4v) is 5.54. The Hall–Kier alpha value is -3.07. The second kappa shape index (κ2) is 7.81. The normalized spacial score (nSPS) is 17.4. The molecule has 1 fully saturated rings. The second-order valence-corrected chi connectivity index (χ2v) is 10.4. The van der Waals surface area contributed by atoms with Gasteiger partial charge in [0.25, 0.3) is 5.91 Å². The van der Waals surface area contributed by atoms with Crippen LogP contribution in [0.2, 0.25) is 0 Å². The third-order valence-corrected chi connectivity index (χ3v) is 7.32. The molecule has 0 spiro atoms. The Morgan fingerprint density at radius 2 is 1.88 bits per heavy atom. The molecule has 0 bridgehead atoms. The van der Waals surface area contributed by atoms with Gasteiger partial charge >= 0.3 is 0 Å². The van der Waals surface area contributed by atoms with Crippen LogP contribution in [-0.2, 0) is 15.3 Å². The number of benzene rings is 1. The first-order valence-corrected chi connectivity index (χ1v) is 12.6. The van der Waals surface area contributed by atoms with Crippen molar-refractivity contribution >= 4 is 21.3 Å². The molecule has 2 aliphatic rings. The lowest BCUT2D eigenvalue weighted by atomic mass is 9.78. The highest BCUT2D eigenvalue weighted by molar-refractivity contribution is 7.90. The number of imidazole rings is 1. The summed E-state index contributed by atoms with van der Waals surface area (Å²) in [5.74, 6) is 1.10. The highest BCUT2D eigenvalue weighted by atomic mass is 32.2. The summed E-state index contributed by atoms with van der Waals surface area (Å²) in [6, 6.07) is 11.2. The Morgan fingerprint density at radius 3 is 2.62 bits per heavy atom. The minimum absolute atomic E-state index is 0.112. The van der Waals surface area contributed by atoms with Crippen molar-refractivity contribution in [1.29, 1.82) is 0 Å². The molecule has 32 heavy (non-hydrogen) atoms. The summed E-state index contributed by atoms with van der Waals surface area (Å²) in [7, 11) is -3.59. The standard InChI is InChI=1S/C23H25N3O5S/c1-32(28,29)22-25-20(17-6-2-5-11-26(17)22)21(27)24-15-23(9-3-4-10-23)16-7-8-18-19(14-16)31-13-12-30-18/h2,5-8,11,14H,3-4,9-10,12-13,15H2,1H3,(H,24,27). The molecule has 1 amide bonds. The fraction of sp³-hybridized carbons (Fsp3) is 0.391. The first-order valence-electron chi connectivity index (χ1n) is 10.7. The van der Waals surface area contributed by atoms with E-state index in [1.807, 2.05) is 12.1 Å². The number of nitrogens with one attached hydrogen (secondary N) is 1. The van der Waals surface area contributed by atoms with Gasteiger partial charge in [-0.05, 0) is 42.7 Å². The molecule has 1 aliphatic carbocycles. The summed E-state index contributed by atoms with van der Waals surface area (Å²) < 4.78 is 37.2. The van der Waals surface area contributed by atoms with E-state index in [9.17, 15) is 13.2 Å². The van der Waals surface area contributed by atoms with Crippen molar-refractivity contribution in [2.45, 2.75) is 36.3 Å². The lowest BCUT2D eigenvalue weighted by Gasteiger charge is -2.31. The van der Waals surface area contributed by atoms with Crippen molar-refractivity contribution in [1.82, 2.24) is 14.7 Å². The Balaban J connectivity index is 1.44. The fourth-order valence-electron chi connectivity index (χ4n) is 4.76. The number of hydrogen-bond acceptors (Lipinski definition) is 6. The van der Waals surface area contributed by atoms with Gasteiger partial charge in [-0.1, -0.05) is 25.0 Å². The quantitative estimate of drug-likeness (QED) is 0.635. The van der Waals surface area contributed by atoms with Crippen molar-refractivity contribution in [3.05, 3.63) is 53.9 Å². The molecule has 1 saturated carbocycles. The van der Waals surface area contributed by atoms with Crippen LogP contribution in [0.25, 0.3) is 5.52 Å². The monoisotopic (exact) mass is 455 g/mol. The lowest BCUT2D eigenvalue weighted by molar-refractivity contribution is 0.0940. The zero-order chi connectivity index (χ0) is 22.3. The maximum absolute atomic E-state index is 13.1. The minimum Gasteiger partial charge on any atom is -0.486 e. The van der Waals surface area contributed by atoms with Crippen LogP contribution in [0.4, 0.5) is 0 Å². The first kappa shape index (κ1) is 20.8. The molecule has 0 radical (unpaired) electrons. The van der Waals surface area contributed by atoms with Crippen LogP contribution in [0.3, 0.4) is 0 Å². The molecule has 1 aromatic carbocycles. The number of amides is 1. The summed E-state index contributed by atoms with van der Waals surface area (Å²) >= 11 is 0.